The van der Waals surface area contributed by atoms with Crippen LogP contribution in [0.1, 0.15) is 5.69 Å². The quantitative estimate of drug-likeness (QED) is 0.603. The van der Waals surface area contributed by atoms with Gasteiger partial charge in [-0.05, 0) is 6.92 Å². The minimum atomic E-state index is -0.416. The molecule has 0 aromatic carbocycles. The van der Waals surface area contributed by atoms with Gasteiger partial charge in [-0.3, -0.25) is 9.89 Å². The minimum Gasteiger partial charge on any atom is -0.294 e. The Morgan fingerprint density at radius 2 is 2.46 bits per heavy atom. The summed E-state index contributed by atoms with van der Waals surface area (Å²) < 4.78 is 1.23. The Hall–Kier alpha value is -2.16. The lowest BCUT2D eigenvalue weighted by Gasteiger charge is -1.85. The van der Waals surface area contributed by atoms with Gasteiger partial charge in [0.2, 0.25) is 5.39 Å². The molecule has 0 fully saturated rings. The lowest BCUT2D eigenvalue weighted by atomic mass is 10.5. The van der Waals surface area contributed by atoms with E-state index in [1.54, 1.807) is 6.07 Å². The summed E-state index contributed by atoms with van der Waals surface area (Å²) in [7, 11) is 0. The topological polar surface area (TPSA) is 78.3 Å². The van der Waals surface area contributed by atoms with Crippen molar-refractivity contribution in [2.24, 2.45) is 0 Å². The molecule has 2 rings (SSSR count). The lowest BCUT2D eigenvalue weighted by molar-refractivity contribution is 0.885. The Bertz CT molecular complexity index is 558. The van der Waals surface area contributed by atoms with E-state index in [4.69, 9.17) is 5.39 Å². The number of aryl methyl sites for hydroxylation is 1. The maximum absolute atomic E-state index is 11.4. The van der Waals surface area contributed by atoms with Crippen LogP contribution in [0.4, 0.5) is 5.69 Å². The van der Waals surface area contributed by atoms with Crippen LogP contribution in [-0.4, -0.2) is 14.6 Å². The van der Waals surface area contributed by atoms with E-state index in [9.17, 15) is 4.79 Å². The first-order valence-electron chi connectivity index (χ1n) is 3.65. The van der Waals surface area contributed by atoms with Crippen LogP contribution in [0.15, 0.2) is 17.1 Å². The van der Waals surface area contributed by atoms with E-state index in [1.165, 1.54) is 10.7 Å². The van der Waals surface area contributed by atoms with Gasteiger partial charge >= 0.3 is 11.2 Å². The fourth-order valence-corrected chi connectivity index (χ4v) is 1.14. The average molecular weight is 176 g/mol. The molecule has 6 nitrogen and oxygen atoms in total. The maximum Gasteiger partial charge on any atom is 0.469 e. The summed E-state index contributed by atoms with van der Waals surface area (Å²) in [5.74, 6) is 0. The van der Waals surface area contributed by atoms with Crippen molar-refractivity contribution >= 4 is 11.3 Å². The number of hydrogen-bond donors (Lipinski definition) is 1. The van der Waals surface area contributed by atoms with Crippen molar-refractivity contribution in [2.45, 2.75) is 6.92 Å². The Kier molecular flexibility index (Phi) is 1.39. The number of rotatable bonds is 0. The third-order valence-electron chi connectivity index (χ3n) is 1.71. The van der Waals surface area contributed by atoms with Crippen LogP contribution >= 0.6 is 0 Å². The molecule has 6 heteroatoms. The van der Waals surface area contributed by atoms with Crippen LogP contribution in [0, 0.1) is 12.3 Å². The van der Waals surface area contributed by atoms with Crippen LogP contribution in [0.5, 0.6) is 0 Å². The standard InChI is InChI=1S/C7H5N5O/c1-4-2-6-9-3-5(10-8)7(13)12(6)11-4/h2-3H,1H3/p+1. The monoisotopic (exact) mass is 176 g/mol. The van der Waals surface area contributed by atoms with E-state index in [2.05, 4.69) is 15.1 Å². The second-order valence-corrected chi connectivity index (χ2v) is 2.68. The van der Waals surface area contributed by atoms with Crippen LogP contribution in [-0.2, 0) is 0 Å². The number of H-pyrrole nitrogens is 1. The van der Waals surface area contributed by atoms with Gasteiger partial charge in [-0.15, -0.1) is 0 Å². The van der Waals surface area contributed by atoms with Gasteiger partial charge in [0.15, 0.2) is 10.6 Å². The van der Waals surface area contributed by atoms with Crippen LogP contribution < -0.4 is 5.56 Å². The van der Waals surface area contributed by atoms with E-state index in [1.807, 2.05) is 6.92 Å². The molecule has 13 heavy (non-hydrogen) atoms. The fraction of sp³-hybridized carbons (Fsp3) is 0.143. The molecular formula is C7H6N5O+. The lowest BCUT2D eigenvalue weighted by Crippen LogP contribution is -2.13. The minimum absolute atomic E-state index is 0.0839. The van der Waals surface area contributed by atoms with Crippen LogP contribution in [0.25, 0.3) is 10.6 Å². The molecule has 0 aliphatic rings. The van der Waals surface area contributed by atoms with E-state index in [-0.39, 0.29) is 5.69 Å². The first-order valence-corrected chi connectivity index (χ1v) is 3.65. The van der Waals surface area contributed by atoms with E-state index in [0.717, 1.165) is 5.69 Å². The third kappa shape index (κ3) is 0.980. The number of hydrogen-bond acceptors (Lipinski definition) is 3. The fourth-order valence-electron chi connectivity index (χ4n) is 1.14. The normalized spacial score (nSPS) is 10.2. The number of aromatic amines is 1. The Balaban J connectivity index is 2.96. The molecule has 0 unspecified atom stereocenters. The molecule has 0 spiro atoms. The van der Waals surface area contributed by atoms with Crippen molar-refractivity contribution in [1.82, 2.24) is 14.6 Å². The highest BCUT2D eigenvalue weighted by molar-refractivity contribution is 5.46. The predicted octanol–water partition coefficient (Wildman–Crippen LogP) is 0.816. The van der Waals surface area contributed by atoms with E-state index < -0.39 is 5.56 Å². The summed E-state index contributed by atoms with van der Waals surface area (Å²) >= 11 is 0. The number of nitrogens with one attached hydrogen (secondary N) is 1. The predicted molar refractivity (Wildman–Crippen MR) is 45.3 cm³/mol. The zero-order chi connectivity index (χ0) is 9.42. The highest BCUT2D eigenvalue weighted by Gasteiger charge is 2.15. The zero-order valence-corrected chi connectivity index (χ0v) is 6.85. The van der Waals surface area contributed by atoms with Crippen LogP contribution in [0.3, 0.4) is 0 Å². The second kappa shape index (κ2) is 2.42. The van der Waals surface area contributed by atoms with Gasteiger partial charge in [0.05, 0.1) is 0 Å². The molecule has 1 N–H and O–H groups in total. The first-order chi connectivity index (χ1) is 6.22. The smallest absolute Gasteiger partial charge is 0.294 e. The average Bonchev–Trinajstić information content (AvgIpc) is 2.47. The Labute approximate surface area is 72.4 Å². The summed E-state index contributed by atoms with van der Waals surface area (Å²) in [6.07, 6.45) is 1.23. The van der Waals surface area contributed by atoms with Crippen molar-refractivity contribution in [2.75, 3.05) is 0 Å². The Morgan fingerprint density at radius 3 is 3.15 bits per heavy atom. The second-order valence-electron chi connectivity index (χ2n) is 2.68. The Morgan fingerprint density at radius 1 is 1.69 bits per heavy atom. The third-order valence-corrected chi connectivity index (χ3v) is 1.71. The van der Waals surface area contributed by atoms with Gasteiger partial charge in [-0.2, -0.15) is 4.52 Å². The summed E-state index contributed by atoms with van der Waals surface area (Å²) in [5.41, 5.74) is 0.828. The molecule has 0 aliphatic heterocycles. The summed E-state index contributed by atoms with van der Waals surface area (Å²) in [5, 5.41) is 11.2. The molecule has 0 radical (unpaired) electrons. The molecule has 0 saturated heterocycles. The van der Waals surface area contributed by atoms with Gasteiger partial charge in [0, 0.05) is 11.8 Å². The SMILES string of the molecule is Cc1cc2ncc([N+]#N)c(=O)n2[nH]1. The van der Waals surface area contributed by atoms with E-state index in [0.29, 0.717) is 5.65 Å². The molecule has 2 aromatic heterocycles. The van der Waals surface area contributed by atoms with Gasteiger partial charge in [0.1, 0.15) is 6.20 Å². The first kappa shape index (κ1) is 7.49. The number of fused-ring (bicyclic) bond motifs is 1. The van der Waals surface area contributed by atoms with E-state index >= 15 is 0 Å². The maximum atomic E-state index is 11.4. The summed E-state index contributed by atoms with van der Waals surface area (Å²) in [4.78, 5) is 18.1. The summed E-state index contributed by atoms with van der Waals surface area (Å²) in [6.45, 7) is 1.81. The van der Waals surface area contributed by atoms with Gasteiger partial charge in [-0.1, -0.05) is 0 Å². The van der Waals surface area contributed by atoms with Crippen molar-refractivity contribution in [3.05, 3.63) is 33.3 Å². The molecule has 0 saturated carbocycles. The van der Waals surface area contributed by atoms with Crippen molar-refractivity contribution in [3.8, 4) is 0 Å². The van der Waals surface area contributed by atoms with Crippen molar-refractivity contribution in [1.29, 1.82) is 5.39 Å². The van der Waals surface area contributed by atoms with Gasteiger partial charge in [0.25, 0.3) is 0 Å². The van der Waals surface area contributed by atoms with Crippen molar-refractivity contribution in [3.63, 3.8) is 0 Å². The largest absolute Gasteiger partial charge is 0.469 e. The number of nitrogens with zero attached hydrogens (tertiary/aromatic N) is 4. The molecule has 0 aliphatic carbocycles. The van der Waals surface area contributed by atoms with Gasteiger partial charge in [-0.25, -0.2) is 4.98 Å². The molecule has 2 heterocycles. The zero-order valence-electron chi connectivity index (χ0n) is 6.85. The summed E-state index contributed by atoms with van der Waals surface area (Å²) in [6, 6.07) is 1.72. The molecular weight excluding hydrogens is 170 g/mol. The molecule has 0 atom stereocenters. The highest BCUT2D eigenvalue weighted by atomic mass is 16.1. The number of diazo groups is 1. The molecule has 64 valence electrons. The molecule has 2 aromatic rings. The number of aromatic nitrogens is 3. The highest BCUT2D eigenvalue weighted by Crippen LogP contribution is 2.04. The van der Waals surface area contributed by atoms with Crippen LogP contribution in [0.2, 0.25) is 0 Å². The van der Waals surface area contributed by atoms with Gasteiger partial charge < -0.3 is 0 Å². The van der Waals surface area contributed by atoms with Crippen molar-refractivity contribution < 1.29 is 0 Å². The molecule has 0 amide bonds. The molecule has 0 bridgehead atoms.